The predicted molar refractivity (Wildman–Crippen MR) is 615 cm³/mol. The molecule has 0 amide bonds. The van der Waals surface area contributed by atoms with E-state index in [0.717, 1.165) is 138 Å². The van der Waals surface area contributed by atoms with Crippen molar-refractivity contribution in [1.82, 2.24) is 24.5 Å². The van der Waals surface area contributed by atoms with Crippen molar-refractivity contribution >= 4 is 116 Å². The van der Waals surface area contributed by atoms with Crippen molar-refractivity contribution < 1.29 is 26.3 Å². The van der Waals surface area contributed by atoms with Gasteiger partial charge in [0.1, 0.15) is 34.9 Å². The Morgan fingerprint density at radius 1 is 0.295 bits per heavy atom. The first kappa shape index (κ1) is 109. The number of rotatable bonds is 14. The molecule has 6 unspecified atom stereocenters. The van der Waals surface area contributed by atoms with Gasteiger partial charge in [-0.25, -0.2) is 26.3 Å². The smallest absolute Gasteiger partial charge is 0.126 e. The van der Waals surface area contributed by atoms with Crippen molar-refractivity contribution in [2.24, 2.45) is 5.73 Å². The summed E-state index contributed by atoms with van der Waals surface area (Å²) in [5, 5.41) is 0.825. The van der Waals surface area contributed by atoms with E-state index in [0.29, 0.717) is 12.1 Å². The fourth-order valence-corrected chi connectivity index (χ4v) is 30.8. The molecule has 0 aromatic heterocycles. The van der Waals surface area contributed by atoms with Gasteiger partial charge in [0.15, 0.2) is 0 Å². The molecule has 12 aromatic carbocycles. The van der Waals surface area contributed by atoms with Crippen molar-refractivity contribution in [3.63, 3.8) is 0 Å². The van der Waals surface area contributed by atoms with Crippen molar-refractivity contribution in [3.05, 3.63) is 424 Å². The highest BCUT2D eigenvalue weighted by atomic mass is 35.5. The van der Waals surface area contributed by atoms with E-state index < -0.39 is 16.4 Å². The van der Waals surface area contributed by atoms with Gasteiger partial charge in [-0.15, -0.1) is 70.6 Å². The van der Waals surface area contributed by atoms with Gasteiger partial charge in [-0.3, -0.25) is 0 Å². The molecule has 2 N–H and O–H groups in total. The van der Waals surface area contributed by atoms with Crippen LogP contribution in [0.1, 0.15) is 199 Å². The monoisotopic (exact) mass is 2090 g/mol. The van der Waals surface area contributed by atoms with Gasteiger partial charge < -0.3 is 30.2 Å². The molecule has 3 fully saturated rings. The molecule has 21 rings (SSSR count). The van der Waals surface area contributed by atoms with Crippen LogP contribution >= 0.6 is 82.2 Å². The molecule has 0 bridgehead atoms. The lowest BCUT2D eigenvalue weighted by molar-refractivity contribution is 0.312. The van der Waals surface area contributed by atoms with Crippen LogP contribution in [-0.2, 0) is 28.5 Å². The van der Waals surface area contributed by atoms with Crippen LogP contribution in [0.5, 0.6) is 0 Å². The average Bonchev–Trinajstić information content (AvgIpc) is 1.57. The molecule has 0 saturated carbocycles. The van der Waals surface area contributed by atoms with E-state index in [4.69, 9.17) is 17.3 Å². The Labute approximate surface area is 895 Å². The second kappa shape index (κ2) is 46.7. The summed E-state index contributed by atoms with van der Waals surface area (Å²) in [6.45, 7) is 35.6. The van der Waals surface area contributed by atoms with Crippen LogP contribution in [-0.4, -0.2) is 133 Å². The lowest BCUT2D eigenvalue weighted by Crippen LogP contribution is -2.28. The predicted octanol–water partition coefficient (Wildman–Crippen LogP) is 33.4. The lowest BCUT2D eigenvalue weighted by Gasteiger charge is -2.32. The Morgan fingerprint density at radius 3 is 0.938 bits per heavy atom. The van der Waals surface area contributed by atoms with Gasteiger partial charge >= 0.3 is 0 Å². The van der Waals surface area contributed by atoms with Crippen LogP contribution in [0.2, 0.25) is 5.02 Å². The normalized spacial score (nSPS) is 22.7. The maximum absolute atomic E-state index is 14.0. The number of benzene rings is 12. The Balaban J connectivity index is 0.000000125. The topological polar surface area (TPSA) is 42.2 Å². The highest BCUT2D eigenvalue weighted by Crippen LogP contribution is 2.66. The van der Waals surface area contributed by atoms with Crippen LogP contribution < -0.4 is 5.73 Å². The molecule has 9 aliphatic heterocycles. The second-order valence-corrected chi connectivity index (χ2v) is 51.1. The molecule has 762 valence electrons. The fraction of sp³-hybridized carbons (Fsp3) is 0.339. The molecule has 6 nitrogen and oxygen atoms in total. The van der Waals surface area contributed by atoms with E-state index >= 15 is 0 Å². The standard InChI is InChI=1S/C23H26FNS.C22H23F2NS.C21H22ClNS.2C21H24FNS.C19H20FNS/c1-15-13-20-21(14-16(15)2)26-23(3,18-5-7-19(24)8-6-18)22(20)17-9-11-25(4)12-10-17;1-14-4-5-20-19(10-14)21(15-6-8-25(3)9-7-15)22(2,26-20)16-11-17(23)13-18(24)12-16;1-21(16-6-4-3-5-7-16)20(15-10-12-23(2)13-11-15)18-9-8-17(22)14-19(18)24-21;2*1-15-7-12-20-18(14-15)19(6-5-13-23(3)4)21(2,24-20)16-8-10-17(22)11-9-16;1-13-5-10-18-16(12-13)17(4-3-11-21)19(2,22-18)14-6-8-15(20)9-7-14/h5-8,13-14H,9-12H2,1-4H3;4-5,10-13H,6-9H2,1-3H3;3-9,14H,10-13H2,1-2H3;2*6-12,14H,5,13H2,1-4H3;4-10,12H,3,11,21H2,1-2H3/b;;;2*19-6-;17-4-. The first-order valence-electron chi connectivity index (χ1n) is 51.1. The van der Waals surface area contributed by atoms with Crippen molar-refractivity contribution in [2.45, 2.75) is 199 Å². The molecule has 0 radical (unpaired) electrons. The molecule has 19 heteroatoms. The summed E-state index contributed by atoms with van der Waals surface area (Å²) in [5.41, 5.74) is 40.9. The van der Waals surface area contributed by atoms with E-state index in [1.807, 2.05) is 113 Å². The minimum Gasteiger partial charge on any atom is -0.330 e. The summed E-state index contributed by atoms with van der Waals surface area (Å²) < 4.78 is 80.4. The number of aryl methyl sites for hydroxylation is 6. The first-order valence-corrected chi connectivity index (χ1v) is 56.4. The van der Waals surface area contributed by atoms with Gasteiger partial charge in [0, 0.05) is 92.8 Å². The molecule has 9 aliphatic rings. The van der Waals surface area contributed by atoms with Crippen molar-refractivity contribution in [2.75, 3.05) is 108 Å². The average molecular weight is 2090 g/mol. The van der Waals surface area contributed by atoms with E-state index in [1.165, 1.54) is 171 Å². The van der Waals surface area contributed by atoms with Crippen LogP contribution in [0, 0.1) is 76.4 Å². The van der Waals surface area contributed by atoms with Crippen LogP contribution in [0.25, 0.3) is 33.4 Å². The zero-order chi connectivity index (χ0) is 104. The quantitative estimate of drug-likeness (QED) is 0.106. The summed E-state index contributed by atoms with van der Waals surface area (Å²) >= 11 is 17.4. The molecule has 0 aliphatic carbocycles. The SMILES string of the molecule is CN1CCC(=C2c3ccc(Cl)cc3SC2(C)c2ccccc2)CC1.Cc1cc2c(cc1C)C(=C1CCN(C)CC1)C(C)(c1ccc(F)cc1)S2.Cc1ccc2c(c1)/C(=C/CCN(C)C)C(C)(c1ccc(F)cc1)S2.Cc1ccc2c(c1)/C(=C/CCN(C)C)C(C)(c1ccc(F)cc1)S2.Cc1ccc2c(c1)/C(=C/CCN)C(C)(c1ccc(F)cc1)S2.Cc1ccc2c(c1)C(=C1CCN(C)CC1)C(C)(c1cc(F)cc(F)c1)S2. The minimum absolute atomic E-state index is 0.0283. The van der Waals surface area contributed by atoms with Crippen molar-refractivity contribution in [1.29, 1.82) is 0 Å². The van der Waals surface area contributed by atoms with Crippen LogP contribution in [0.15, 0.2) is 313 Å². The van der Waals surface area contributed by atoms with Crippen molar-refractivity contribution in [3.8, 4) is 0 Å². The molecule has 6 atom stereocenters. The molecule has 3 saturated heterocycles. The Kier molecular flexibility index (Phi) is 35.0. The highest BCUT2D eigenvalue weighted by molar-refractivity contribution is 8.02. The minimum atomic E-state index is -0.512. The number of piperidine rings is 3. The number of hydrogen-bond donors (Lipinski definition) is 1. The maximum Gasteiger partial charge on any atom is 0.126 e. The molecular formula is C127H139ClF6N6S6. The van der Waals surface area contributed by atoms with Gasteiger partial charge in [0.05, 0.1) is 28.5 Å². The number of nitrogens with zero attached hydrogens (tertiary/aromatic N) is 5. The zero-order valence-corrected chi connectivity index (χ0v) is 93.7. The number of halogens is 7. The molecule has 146 heavy (non-hydrogen) atoms. The Bertz CT molecular complexity index is 6800. The summed E-state index contributed by atoms with van der Waals surface area (Å²) in [6.07, 6.45) is 16.4. The van der Waals surface area contributed by atoms with Gasteiger partial charge in [-0.1, -0.05) is 208 Å². The third kappa shape index (κ3) is 24.2. The number of likely N-dealkylation sites (tertiary alicyclic amines) is 3. The third-order valence-electron chi connectivity index (χ3n) is 30.1. The largest absolute Gasteiger partial charge is 0.330 e. The van der Waals surface area contributed by atoms with Crippen LogP contribution in [0.4, 0.5) is 26.3 Å². The van der Waals surface area contributed by atoms with Gasteiger partial charge in [0.2, 0.25) is 0 Å². The summed E-state index contributed by atoms with van der Waals surface area (Å²) in [5.74, 6) is -1.76. The summed E-state index contributed by atoms with van der Waals surface area (Å²) in [7, 11) is 14.9. The molecular weight excluding hydrogens is 1950 g/mol. The summed E-state index contributed by atoms with van der Waals surface area (Å²) in [6, 6.07) is 80.2. The second-order valence-electron chi connectivity index (χ2n) is 41.9. The summed E-state index contributed by atoms with van der Waals surface area (Å²) in [4.78, 5) is 19.3. The van der Waals surface area contributed by atoms with E-state index in [1.54, 1.807) is 59.3 Å². The number of fused-ring (bicyclic) bond motifs is 6. The molecule has 0 spiro atoms. The Hall–Kier alpha value is -9.19. The first-order chi connectivity index (χ1) is 69.7. The fourth-order valence-electron chi connectivity index (χ4n) is 21.8. The maximum atomic E-state index is 14.0. The van der Waals surface area contributed by atoms with Gasteiger partial charge in [-0.2, -0.15) is 0 Å². The zero-order valence-electron chi connectivity index (χ0n) is 88.0. The Morgan fingerprint density at radius 2 is 0.582 bits per heavy atom. The number of hydrogen-bond acceptors (Lipinski definition) is 12. The number of nitrogens with two attached hydrogens (primary N) is 1. The number of thioether (sulfide) groups is 6. The molecule has 12 aromatic rings. The molecule has 9 heterocycles. The van der Waals surface area contributed by atoms with E-state index in [2.05, 4.69) is 303 Å². The van der Waals surface area contributed by atoms with E-state index in [9.17, 15) is 26.3 Å². The lowest BCUT2D eigenvalue weighted by atomic mass is 9.81. The van der Waals surface area contributed by atoms with Gasteiger partial charge in [-0.05, 0) is 411 Å². The van der Waals surface area contributed by atoms with E-state index in [-0.39, 0.29) is 47.0 Å². The highest BCUT2D eigenvalue weighted by Gasteiger charge is 2.49. The third-order valence-corrected chi connectivity index (χ3v) is 38.9. The van der Waals surface area contributed by atoms with Gasteiger partial charge in [0.25, 0.3) is 0 Å². The van der Waals surface area contributed by atoms with Crippen LogP contribution in [0.3, 0.4) is 0 Å².